The van der Waals surface area contributed by atoms with Crippen molar-refractivity contribution in [2.45, 2.75) is 0 Å². The first-order valence-electron chi connectivity index (χ1n) is 2.71. The molecule has 0 amide bonds. The molecule has 4 heteroatoms. The SMILES string of the molecule is N[As](=O)c1ccc(O)cc1. The van der Waals surface area contributed by atoms with E-state index in [1.807, 2.05) is 0 Å². The molecule has 0 bridgehead atoms. The van der Waals surface area contributed by atoms with Crippen molar-refractivity contribution in [2.24, 2.45) is 4.65 Å². The molecule has 3 nitrogen and oxygen atoms in total. The van der Waals surface area contributed by atoms with Gasteiger partial charge in [-0.1, -0.05) is 0 Å². The van der Waals surface area contributed by atoms with E-state index in [4.69, 9.17) is 9.76 Å². The van der Waals surface area contributed by atoms with Crippen LogP contribution in [-0.2, 0) is 3.74 Å². The molecule has 0 spiro atoms. The van der Waals surface area contributed by atoms with Gasteiger partial charge in [-0.15, -0.1) is 0 Å². The zero-order valence-corrected chi connectivity index (χ0v) is 7.07. The van der Waals surface area contributed by atoms with E-state index in [9.17, 15) is 3.74 Å². The van der Waals surface area contributed by atoms with E-state index in [1.54, 1.807) is 12.1 Å². The van der Waals surface area contributed by atoms with Gasteiger partial charge in [0.15, 0.2) is 0 Å². The van der Waals surface area contributed by atoms with Crippen molar-refractivity contribution in [3.05, 3.63) is 24.3 Å². The summed E-state index contributed by atoms with van der Waals surface area (Å²) in [5, 5.41) is 8.81. The van der Waals surface area contributed by atoms with Crippen molar-refractivity contribution >= 4 is 19.2 Å². The Bertz CT molecular complexity index is 244. The van der Waals surface area contributed by atoms with Crippen LogP contribution in [0.3, 0.4) is 0 Å². The Labute approximate surface area is 63.2 Å². The van der Waals surface area contributed by atoms with Crippen molar-refractivity contribution in [3.63, 3.8) is 0 Å². The summed E-state index contributed by atoms with van der Waals surface area (Å²) in [5.41, 5.74) is 0. The van der Waals surface area contributed by atoms with Crippen LogP contribution >= 0.6 is 0 Å². The molecule has 0 aliphatic heterocycles. The van der Waals surface area contributed by atoms with Crippen molar-refractivity contribution in [2.75, 3.05) is 0 Å². The fourth-order valence-corrected chi connectivity index (χ4v) is 1.53. The van der Waals surface area contributed by atoms with Gasteiger partial charge in [0, 0.05) is 0 Å². The Balaban J connectivity index is 3.00. The number of benzene rings is 1. The van der Waals surface area contributed by atoms with Gasteiger partial charge >= 0.3 is 62.7 Å². The summed E-state index contributed by atoms with van der Waals surface area (Å²) in [6, 6.07) is 6.09. The Morgan fingerprint density at radius 2 is 1.80 bits per heavy atom. The van der Waals surface area contributed by atoms with Gasteiger partial charge < -0.3 is 0 Å². The first kappa shape index (κ1) is 7.45. The Kier molecular flexibility index (Phi) is 2.20. The van der Waals surface area contributed by atoms with Crippen LogP contribution in [-0.4, -0.2) is 19.9 Å². The average molecular weight is 200 g/mol. The fourth-order valence-electron chi connectivity index (χ4n) is 0.600. The van der Waals surface area contributed by atoms with Gasteiger partial charge in [0.1, 0.15) is 0 Å². The maximum absolute atomic E-state index is 10.7. The van der Waals surface area contributed by atoms with Crippen LogP contribution in [0, 0.1) is 0 Å². The third-order valence-corrected chi connectivity index (χ3v) is 2.80. The molecule has 10 heavy (non-hydrogen) atoms. The number of hydrogen-bond donors (Lipinski definition) is 2. The summed E-state index contributed by atoms with van der Waals surface area (Å²) in [4.78, 5) is 0. The number of nitrogens with two attached hydrogens (primary N) is 1. The van der Waals surface area contributed by atoms with Crippen LogP contribution in [0.2, 0.25) is 0 Å². The molecule has 0 saturated heterocycles. The van der Waals surface area contributed by atoms with Gasteiger partial charge in [0.2, 0.25) is 0 Å². The topological polar surface area (TPSA) is 63.3 Å². The van der Waals surface area contributed by atoms with E-state index < -0.39 is 14.8 Å². The van der Waals surface area contributed by atoms with Crippen LogP contribution in [0.4, 0.5) is 0 Å². The monoisotopic (exact) mass is 200 g/mol. The Hall–Kier alpha value is -0.662. The van der Waals surface area contributed by atoms with Gasteiger partial charge in [0.05, 0.1) is 0 Å². The summed E-state index contributed by atoms with van der Waals surface area (Å²) in [7, 11) is 0. The Morgan fingerprint density at radius 3 is 2.20 bits per heavy atom. The minimum absolute atomic E-state index is 0.166. The van der Waals surface area contributed by atoms with Gasteiger partial charge in [-0.3, -0.25) is 0 Å². The zero-order chi connectivity index (χ0) is 7.56. The second-order valence-corrected chi connectivity index (χ2v) is 4.29. The van der Waals surface area contributed by atoms with Crippen LogP contribution in [0.15, 0.2) is 24.3 Å². The van der Waals surface area contributed by atoms with E-state index in [0.717, 1.165) is 0 Å². The normalized spacial score (nSPS) is 11.1. The molecule has 0 aliphatic carbocycles. The summed E-state index contributed by atoms with van der Waals surface area (Å²) < 4.78 is 16.5. The van der Waals surface area contributed by atoms with E-state index in [0.29, 0.717) is 4.35 Å². The first-order valence-corrected chi connectivity index (χ1v) is 5.50. The van der Waals surface area contributed by atoms with Crippen molar-refractivity contribution in [1.29, 1.82) is 0 Å². The molecule has 0 heterocycles. The second kappa shape index (κ2) is 2.95. The molecular formula is C6H7AsNO2. The summed E-state index contributed by atoms with van der Waals surface area (Å²) in [6.07, 6.45) is 0. The van der Waals surface area contributed by atoms with Crippen LogP contribution in [0.5, 0.6) is 5.75 Å². The summed E-state index contributed by atoms with van der Waals surface area (Å²) in [6.45, 7) is 0. The van der Waals surface area contributed by atoms with E-state index in [2.05, 4.69) is 0 Å². The molecule has 3 N–H and O–H groups in total. The van der Waals surface area contributed by atoms with Gasteiger partial charge in [0.25, 0.3) is 0 Å². The van der Waals surface area contributed by atoms with E-state index in [1.165, 1.54) is 12.1 Å². The molecule has 1 rings (SSSR count). The van der Waals surface area contributed by atoms with Crippen molar-refractivity contribution in [3.8, 4) is 5.75 Å². The van der Waals surface area contributed by atoms with Crippen LogP contribution < -0.4 is 9.00 Å². The number of aromatic hydroxyl groups is 1. The summed E-state index contributed by atoms with van der Waals surface area (Å²) >= 11 is -2.47. The zero-order valence-electron chi connectivity index (χ0n) is 5.19. The second-order valence-electron chi connectivity index (χ2n) is 1.84. The van der Waals surface area contributed by atoms with E-state index in [-0.39, 0.29) is 5.75 Å². The molecule has 1 atom stereocenters. The number of rotatable bonds is 1. The molecule has 53 valence electrons. The summed E-state index contributed by atoms with van der Waals surface area (Å²) in [5.74, 6) is 0.166. The number of phenols is 1. The molecule has 0 fully saturated rings. The number of phenolic OH excluding ortho intramolecular Hbond substituents is 1. The predicted molar refractivity (Wildman–Crippen MR) is 38.4 cm³/mol. The molecule has 0 aliphatic rings. The molecule has 1 aromatic rings. The van der Waals surface area contributed by atoms with Crippen LogP contribution in [0.1, 0.15) is 0 Å². The third-order valence-electron chi connectivity index (χ3n) is 1.10. The average Bonchev–Trinajstić information content (AvgIpc) is 1.88. The van der Waals surface area contributed by atoms with Crippen molar-refractivity contribution < 1.29 is 8.85 Å². The molecule has 0 aromatic heterocycles. The predicted octanol–water partition coefficient (Wildman–Crippen LogP) is -0.523. The minimum atomic E-state index is -2.47. The van der Waals surface area contributed by atoms with Gasteiger partial charge in [-0.05, 0) is 0 Å². The van der Waals surface area contributed by atoms with Crippen molar-refractivity contribution in [1.82, 2.24) is 0 Å². The quantitative estimate of drug-likeness (QED) is 0.599. The molecule has 1 aromatic carbocycles. The maximum atomic E-state index is 10.7. The third kappa shape index (κ3) is 1.66. The molecule has 1 radical (unpaired) electrons. The Morgan fingerprint density at radius 1 is 1.30 bits per heavy atom. The molecule has 0 saturated carbocycles. The fraction of sp³-hybridized carbons (Fsp3) is 0. The van der Waals surface area contributed by atoms with E-state index >= 15 is 0 Å². The van der Waals surface area contributed by atoms with Gasteiger partial charge in [-0.2, -0.15) is 0 Å². The number of hydrogen-bond acceptors (Lipinski definition) is 2. The molecular weight excluding hydrogens is 193 g/mol. The van der Waals surface area contributed by atoms with Crippen LogP contribution in [0.25, 0.3) is 0 Å². The van der Waals surface area contributed by atoms with Gasteiger partial charge in [-0.25, -0.2) is 0 Å². The standard InChI is InChI=1S/C6H7AsNO2/c8-7(10)5-1-3-6(9)4-2-5/h1-4,9H,(H2,8,10). The first-order chi connectivity index (χ1) is 4.70. The molecule has 1 unspecified atom stereocenters.